The molecule has 0 aromatic heterocycles. The lowest BCUT2D eigenvalue weighted by Gasteiger charge is -2.35. The molecule has 0 saturated carbocycles. The van der Waals surface area contributed by atoms with E-state index in [-0.39, 0.29) is 36.3 Å². The molecule has 1 aromatic carbocycles. The van der Waals surface area contributed by atoms with Crippen molar-refractivity contribution in [1.29, 1.82) is 0 Å². The van der Waals surface area contributed by atoms with Gasteiger partial charge in [0.1, 0.15) is 5.82 Å². The number of para-hydroxylation sites is 1. The van der Waals surface area contributed by atoms with E-state index in [9.17, 15) is 17.6 Å². The Bertz CT molecular complexity index is 664. The summed E-state index contributed by atoms with van der Waals surface area (Å²) >= 11 is 5.44. The van der Waals surface area contributed by atoms with E-state index in [4.69, 9.17) is 11.6 Å². The van der Waals surface area contributed by atoms with Crippen molar-refractivity contribution in [2.24, 2.45) is 0 Å². The minimum Gasteiger partial charge on any atom is -0.367 e. The molecule has 1 fully saturated rings. The number of piperazine rings is 1. The lowest BCUT2D eigenvalue weighted by molar-refractivity contribution is -0.120. The molecule has 0 bridgehead atoms. The first-order valence-corrected chi connectivity index (χ1v) is 9.88. The van der Waals surface area contributed by atoms with Gasteiger partial charge in [0.15, 0.2) is 0 Å². The second kappa shape index (κ2) is 8.64. The summed E-state index contributed by atoms with van der Waals surface area (Å²) in [5, 5.41) is 2.53. The highest BCUT2D eigenvalue weighted by atomic mass is 35.5. The van der Waals surface area contributed by atoms with Gasteiger partial charge in [0.25, 0.3) is 0 Å². The highest BCUT2D eigenvalue weighted by Crippen LogP contribution is 2.20. The number of anilines is 1. The molecule has 6 nitrogen and oxygen atoms in total. The minimum atomic E-state index is -3.44. The number of rotatable bonds is 7. The number of hydrogen-bond donors (Lipinski definition) is 1. The number of nitrogens with one attached hydrogen (secondary N) is 1. The summed E-state index contributed by atoms with van der Waals surface area (Å²) in [6.45, 7) is 1.52. The second-order valence-electron chi connectivity index (χ2n) is 5.44. The maximum atomic E-state index is 13.8. The number of carbonyl (C=O) groups excluding carboxylic acids is 1. The van der Waals surface area contributed by atoms with E-state index in [1.807, 2.05) is 4.90 Å². The second-order valence-corrected chi connectivity index (χ2v) is 7.91. The van der Waals surface area contributed by atoms with E-state index in [2.05, 4.69) is 5.32 Å². The summed E-state index contributed by atoms with van der Waals surface area (Å²) in [5.41, 5.74) is 0.489. The van der Waals surface area contributed by atoms with Crippen molar-refractivity contribution in [2.45, 2.75) is 6.42 Å². The van der Waals surface area contributed by atoms with Gasteiger partial charge in [0.05, 0.1) is 11.4 Å². The zero-order valence-corrected chi connectivity index (χ0v) is 14.8. The first kappa shape index (κ1) is 19.0. The molecule has 1 heterocycles. The van der Waals surface area contributed by atoms with Gasteiger partial charge in [0.2, 0.25) is 15.9 Å². The van der Waals surface area contributed by atoms with Crippen LogP contribution in [0.15, 0.2) is 24.3 Å². The molecule has 0 spiro atoms. The van der Waals surface area contributed by atoms with Gasteiger partial charge < -0.3 is 10.2 Å². The van der Waals surface area contributed by atoms with Gasteiger partial charge in [-0.3, -0.25) is 4.79 Å². The van der Waals surface area contributed by atoms with E-state index < -0.39 is 10.0 Å². The predicted octanol–water partition coefficient (Wildman–Crippen LogP) is 1.02. The number of hydrogen-bond acceptors (Lipinski definition) is 4. The molecule has 0 atom stereocenters. The average Bonchev–Trinajstić information content (AvgIpc) is 2.55. The van der Waals surface area contributed by atoms with Crippen LogP contribution in [0, 0.1) is 5.82 Å². The predicted molar refractivity (Wildman–Crippen MR) is 92.3 cm³/mol. The third-order valence-electron chi connectivity index (χ3n) is 3.83. The van der Waals surface area contributed by atoms with Crippen LogP contribution >= 0.6 is 11.6 Å². The highest BCUT2D eigenvalue weighted by molar-refractivity contribution is 7.89. The summed E-state index contributed by atoms with van der Waals surface area (Å²) in [6.07, 6.45) is 0.170. The topological polar surface area (TPSA) is 69.7 Å². The minimum absolute atomic E-state index is 0.0611. The van der Waals surface area contributed by atoms with Gasteiger partial charge in [-0.1, -0.05) is 12.1 Å². The Kier molecular flexibility index (Phi) is 6.82. The molecule has 1 aliphatic rings. The molecule has 0 radical (unpaired) electrons. The molecule has 1 aliphatic heterocycles. The number of sulfonamides is 1. The van der Waals surface area contributed by atoms with E-state index >= 15 is 0 Å². The van der Waals surface area contributed by atoms with Crippen molar-refractivity contribution in [1.82, 2.24) is 9.62 Å². The molecule has 0 unspecified atom stereocenters. The van der Waals surface area contributed by atoms with Gasteiger partial charge in [0, 0.05) is 45.0 Å². The molecule has 1 saturated heterocycles. The molecule has 1 N–H and O–H groups in total. The fraction of sp³-hybridized carbons (Fsp3) is 0.533. The van der Waals surface area contributed by atoms with Gasteiger partial charge in [-0.15, -0.1) is 11.6 Å². The van der Waals surface area contributed by atoms with Gasteiger partial charge in [-0.2, -0.15) is 4.31 Å². The van der Waals surface area contributed by atoms with Crippen LogP contribution in [0.5, 0.6) is 0 Å². The summed E-state index contributed by atoms with van der Waals surface area (Å²) < 4.78 is 39.8. The van der Waals surface area contributed by atoms with Gasteiger partial charge >= 0.3 is 0 Å². The first-order chi connectivity index (χ1) is 11.4. The summed E-state index contributed by atoms with van der Waals surface area (Å²) in [7, 11) is -3.44. The molecule has 0 aliphatic carbocycles. The Morgan fingerprint density at radius 3 is 2.50 bits per heavy atom. The van der Waals surface area contributed by atoms with Crippen molar-refractivity contribution in [2.75, 3.05) is 49.3 Å². The summed E-state index contributed by atoms with van der Waals surface area (Å²) in [5.74, 6) is -0.516. The molecular formula is C15H21ClFN3O3S. The Balaban J connectivity index is 1.84. The van der Waals surface area contributed by atoms with E-state index in [1.165, 1.54) is 10.4 Å². The summed E-state index contributed by atoms with van der Waals surface area (Å²) in [4.78, 5) is 13.1. The zero-order valence-electron chi connectivity index (χ0n) is 13.2. The molecular weight excluding hydrogens is 357 g/mol. The quantitative estimate of drug-likeness (QED) is 0.720. The average molecular weight is 378 g/mol. The van der Waals surface area contributed by atoms with Crippen molar-refractivity contribution >= 4 is 33.2 Å². The van der Waals surface area contributed by atoms with E-state index in [1.54, 1.807) is 18.2 Å². The number of benzene rings is 1. The number of halogens is 2. The fourth-order valence-electron chi connectivity index (χ4n) is 2.54. The van der Waals surface area contributed by atoms with Crippen LogP contribution < -0.4 is 10.2 Å². The first-order valence-electron chi connectivity index (χ1n) is 7.74. The van der Waals surface area contributed by atoms with E-state index in [0.29, 0.717) is 31.9 Å². The Morgan fingerprint density at radius 2 is 1.88 bits per heavy atom. The monoisotopic (exact) mass is 377 g/mol. The number of amides is 1. The molecule has 134 valence electrons. The van der Waals surface area contributed by atoms with Crippen LogP contribution in [0.25, 0.3) is 0 Å². The number of nitrogens with zero attached hydrogens (tertiary/aromatic N) is 2. The smallest absolute Gasteiger partial charge is 0.221 e. The Labute approximate surface area is 146 Å². The normalized spacial score (nSPS) is 16.2. The van der Waals surface area contributed by atoms with Crippen LogP contribution in [0.1, 0.15) is 6.42 Å². The standard InChI is InChI=1S/C15H21ClFN3O3S/c16-6-5-15(21)18-7-12-24(22,23)20-10-8-19(9-11-20)14-4-2-1-3-13(14)17/h1-4H,5-12H2,(H,18,21). The van der Waals surface area contributed by atoms with Crippen LogP contribution in [-0.2, 0) is 14.8 Å². The van der Waals surface area contributed by atoms with Crippen molar-refractivity contribution in [3.63, 3.8) is 0 Å². The van der Waals surface area contributed by atoms with Crippen LogP contribution in [-0.4, -0.2) is 63.0 Å². The number of alkyl halides is 1. The molecule has 1 amide bonds. The van der Waals surface area contributed by atoms with Crippen LogP contribution in [0.2, 0.25) is 0 Å². The lowest BCUT2D eigenvalue weighted by atomic mass is 10.2. The zero-order chi connectivity index (χ0) is 17.6. The SMILES string of the molecule is O=C(CCCl)NCCS(=O)(=O)N1CCN(c2ccccc2F)CC1. The third kappa shape index (κ3) is 5.06. The van der Waals surface area contributed by atoms with Gasteiger partial charge in [-0.05, 0) is 12.1 Å². The lowest BCUT2D eigenvalue weighted by Crippen LogP contribution is -2.50. The molecule has 24 heavy (non-hydrogen) atoms. The third-order valence-corrected chi connectivity index (χ3v) is 5.89. The van der Waals surface area contributed by atoms with Crippen molar-refractivity contribution in [3.05, 3.63) is 30.1 Å². The maximum absolute atomic E-state index is 13.8. The van der Waals surface area contributed by atoms with Crippen LogP contribution in [0.4, 0.5) is 10.1 Å². The molecule has 9 heteroatoms. The van der Waals surface area contributed by atoms with Crippen molar-refractivity contribution in [3.8, 4) is 0 Å². The van der Waals surface area contributed by atoms with Gasteiger partial charge in [-0.25, -0.2) is 12.8 Å². The molecule has 2 rings (SSSR count). The summed E-state index contributed by atoms with van der Waals surface area (Å²) in [6, 6.07) is 6.46. The highest BCUT2D eigenvalue weighted by Gasteiger charge is 2.27. The van der Waals surface area contributed by atoms with E-state index in [0.717, 1.165) is 0 Å². The fourth-order valence-corrected chi connectivity index (χ4v) is 4.05. The van der Waals surface area contributed by atoms with Crippen LogP contribution in [0.3, 0.4) is 0 Å². The van der Waals surface area contributed by atoms with Crippen molar-refractivity contribution < 1.29 is 17.6 Å². The maximum Gasteiger partial charge on any atom is 0.221 e. The molecule has 1 aromatic rings. The number of carbonyl (C=O) groups is 1. The Morgan fingerprint density at radius 1 is 1.21 bits per heavy atom. The largest absolute Gasteiger partial charge is 0.367 e. The Hall–Kier alpha value is -1.38.